The number of pyridine rings is 1. The summed E-state index contributed by atoms with van der Waals surface area (Å²) >= 11 is 0. The molecule has 10 rings (SSSR count). The van der Waals surface area contributed by atoms with Gasteiger partial charge in [-0.1, -0.05) is 123 Å². The summed E-state index contributed by atoms with van der Waals surface area (Å²) in [4.78, 5) is 20.1. The lowest BCUT2D eigenvalue weighted by Gasteiger charge is -2.13. The van der Waals surface area contributed by atoms with Gasteiger partial charge < -0.3 is 4.57 Å². The Balaban J connectivity index is 0.00000189. The van der Waals surface area contributed by atoms with Gasteiger partial charge in [0.1, 0.15) is 5.65 Å². The molecule has 0 bridgehead atoms. The van der Waals surface area contributed by atoms with E-state index in [1.165, 1.54) is 21.5 Å². The first-order chi connectivity index (χ1) is 26.7. The smallest absolute Gasteiger partial charge is 0.164 e. The Morgan fingerprint density at radius 1 is 0.519 bits per heavy atom. The van der Waals surface area contributed by atoms with Crippen LogP contribution in [-0.2, 0) is 0 Å². The molecular formula is C48H38N6. The first-order valence-electron chi connectivity index (χ1n) is 18.6. The van der Waals surface area contributed by atoms with Gasteiger partial charge in [-0.15, -0.1) is 0 Å². The summed E-state index contributed by atoms with van der Waals surface area (Å²) < 4.78 is 4.68. The summed E-state index contributed by atoms with van der Waals surface area (Å²) in [6, 6.07) is 48.9. The first-order valence-corrected chi connectivity index (χ1v) is 18.6. The van der Waals surface area contributed by atoms with Crippen molar-refractivity contribution in [3.8, 4) is 28.5 Å². The number of hydrogen-bond acceptors (Lipinski definition) is 4. The van der Waals surface area contributed by atoms with Gasteiger partial charge >= 0.3 is 0 Å². The molecule has 0 amide bonds. The maximum absolute atomic E-state index is 5.19. The Hall–Kier alpha value is -6.92. The van der Waals surface area contributed by atoms with Gasteiger partial charge in [-0.3, -0.25) is 4.40 Å². The standard InChI is InChI=1S/C46H32N6.C2H6/c1-3-15-29(4-2)43-48-44(30-16-6-5-7-17-30)50-45(49-43)31-18-14-19-32(28-31)51-37-23-11-9-21-34(37)42-40(51)27-26-35-41(42)33-20-8-12-24-38(33)52-39-25-13-10-22-36(39)47-46(35)52;1-2/h3-28H,1-2H3;1-2H3/b15-3-,29-4+;. The molecule has 0 aliphatic rings. The van der Waals surface area contributed by atoms with E-state index in [4.69, 9.17) is 19.9 Å². The van der Waals surface area contributed by atoms with Crippen LogP contribution in [0.2, 0.25) is 0 Å². The third kappa shape index (κ3) is 5.18. The fourth-order valence-corrected chi connectivity index (χ4v) is 7.75. The highest BCUT2D eigenvalue weighted by Gasteiger charge is 2.21. The third-order valence-corrected chi connectivity index (χ3v) is 10.00. The van der Waals surface area contributed by atoms with Crippen molar-refractivity contribution in [1.82, 2.24) is 28.9 Å². The fraction of sp³-hybridized carbons (Fsp3) is 0.0833. The molecule has 0 N–H and O–H groups in total. The number of hydrogen-bond donors (Lipinski definition) is 0. The van der Waals surface area contributed by atoms with E-state index < -0.39 is 0 Å². The van der Waals surface area contributed by atoms with Gasteiger partial charge in [0.15, 0.2) is 17.5 Å². The molecule has 0 radical (unpaired) electrons. The minimum absolute atomic E-state index is 0.625. The van der Waals surface area contributed by atoms with Crippen molar-refractivity contribution >= 4 is 65.7 Å². The van der Waals surface area contributed by atoms with Crippen LogP contribution in [0.25, 0.3) is 94.2 Å². The van der Waals surface area contributed by atoms with Gasteiger partial charge in [-0.2, -0.15) is 0 Å². The summed E-state index contributed by atoms with van der Waals surface area (Å²) in [5, 5.41) is 5.94. The first kappa shape index (κ1) is 33.0. The molecule has 0 aliphatic carbocycles. The molecule has 4 aromatic heterocycles. The number of fused-ring (bicyclic) bond motifs is 12. The van der Waals surface area contributed by atoms with E-state index in [1.807, 2.05) is 76.3 Å². The molecule has 0 fully saturated rings. The molecule has 6 heteroatoms. The lowest BCUT2D eigenvalue weighted by atomic mass is 10.00. The second-order valence-electron chi connectivity index (χ2n) is 13.0. The molecule has 0 saturated carbocycles. The van der Waals surface area contributed by atoms with Gasteiger partial charge in [-0.05, 0) is 62.4 Å². The second-order valence-corrected chi connectivity index (χ2v) is 13.0. The van der Waals surface area contributed by atoms with Crippen molar-refractivity contribution in [1.29, 1.82) is 0 Å². The molecule has 0 unspecified atom stereocenters. The van der Waals surface area contributed by atoms with Crippen molar-refractivity contribution in [3.63, 3.8) is 0 Å². The van der Waals surface area contributed by atoms with Gasteiger partial charge in [0.05, 0.1) is 27.6 Å². The van der Waals surface area contributed by atoms with Crippen LogP contribution in [0.3, 0.4) is 0 Å². The van der Waals surface area contributed by atoms with Crippen molar-refractivity contribution in [2.24, 2.45) is 0 Å². The van der Waals surface area contributed by atoms with Crippen molar-refractivity contribution < 1.29 is 0 Å². The van der Waals surface area contributed by atoms with E-state index >= 15 is 0 Å². The Bertz CT molecular complexity index is 3090. The van der Waals surface area contributed by atoms with Gasteiger partial charge in [0, 0.05) is 49.3 Å². The summed E-state index contributed by atoms with van der Waals surface area (Å²) in [7, 11) is 0. The van der Waals surface area contributed by atoms with E-state index in [1.54, 1.807) is 0 Å². The molecule has 6 aromatic carbocycles. The minimum atomic E-state index is 0.625. The topological polar surface area (TPSA) is 60.9 Å². The van der Waals surface area contributed by atoms with Gasteiger partial charge in [0.25, 0.3) is 0 Å². The predicted octanol–water partition coefficient (Wildman–Crippen LogP) is 12.4. The number of imidazole rings is 1. The zero-order chi connectivity index (χ0) is 36.8. The summed E-state index contributed by atoms with van der Waals surface area (Å²) in [5.74, 6) is 1.91. The van der Waals surface area contributed by atoms with E-state index in [2.05, 4.69) is 118 Å². The molecule has 0 atom stereocenters. The Kier molecular flexibility index (Phi) is 8.28. The van der Waals surface area contributed by atoms with Crippen LogP contribution in [0.5, 0.6) is 0 Å². The molecule has 4 heterocycles. The zero-order valence-corrected chi connectivity index (χ0v) is 30.7. The van der Waals surface area contributed by atoms with Crippen molar-refractivity contribution in [2.45, 2.75) is 27.7 Å². The quantitative estimate of drug-likeness (QED) is 0.133. The lowest BCUT2D eigenvalue weighted by molar-refractivity contribution is 1.03. The Morgan fingerprint density at radius 3 is 1.93 bits per heavy atom. The molecule has 6 nitrogen and oxygen atoms in total. The minimum Gasteiger partial charge on any atom is -0.309 e. The Labute approximate surface area is 313 Å². The Morgan fingerprint density at radius 2 is 1.17 bits per heavy atom. The highest BCUT2D eigenvalue weighted by molar-refractivity contribution is 6.30. The molecule has 0 aliphatic heterocycles. The second kappa shape index (κ2) is 13.6. The third-order valence-electron chi connectivity index (χ3n) is 10.00. The van der Waals surface area contributed by atoms with Crippen LogP contribution >= 0.6 is 0 Å². The molecular weight excluding hydrogens is 661 g/mol. The van der Waals surface area contributed by atoms with Crippen LogP contribution in [0, 0.1) is 0 Å². The summed E-state index contributed by atoms with van der Waals surface area (Å²) in [6.07, 6.45) is 6.09. The van der Waals surface area contributed by atoms with Gasteiger partial charge in [-0.25, -0.2) is 19.9 Å². The highest BCUT2D eigenvalue weighted by atomic mass is 15.0. The number of nitrogens with zero attached hydrogens (tertiary/aromatic N) is 6. The fourth-order valence-electron chi connectivity index (χ4n) is 7.75. The van der Waals surface area contributed by atoms with E-state index in [0.29, 0.717) is 17.5 Å². The zero-order valence-electron chi connectivity index (χ0n) is 30.7. The predicted molar refractivity (Wildman–Crippen MR) is 226 cm³/mol. The molecule has 0 spiro atoms. The van der Waals surface area contributed by atoms with Crippen LogP contribution in [0.4, 0.5) is 0 Å². The normalized spacial score (nSPS) is 12.1. The monoisotopic (exact) mass is 698 g/mol. The van der Waals surface area contributed by atoms with Crippen LogP contribution in [-0.4, -0.2) is 28.9 Å². The maximum Gasteiger partial charge on any atom is 0.164 e. The highest BCUT2D eigenvalue weighted by Crippen LogP contribution is 2.42. The van der Waals surface area contributed by atoms with Crippen LogP contribution in [0.1, 0.15) is 33.5 Å². The number of rotatable bonds is 5. The molecule has 0 saturated heterocycles. The lowest BCUT2D eigenvalue weighted by Crippen LogP contribution is -2.03. The van der Waals surface area contributed by atoms with E-state index in [-0.39, 0.29) is 0 Å². The average Bonchev–Trinajstić information content (AvgIpc) is 3.80. The molecule has 54 heavy (non-hydrogen) atoms. The van der Waals surface area contributed by atoms with Crippen molar-refractivity contribution in [3.05, 3.63) is 164 Å². The van der Waals surface area contributed by atoms with E-state index in [0.717, 1.165) is 61.0 Å². The van der Waals surface area contributed by atoms with E-state index in [9.17, 15) is 0 Å². The number of allylic oxidation sites excluding steroid dienone is 4. The maximum atomic E-state index is 5.19. The summed E-state index contributed by atoms with van der Waals surface area (Å²) in [5.41, 5.74) is 10.3. The number of para-hydroxylation sites is 4. The van der Waals surface area contributed by atoms with Gasteiger partial charge in [0.2, 0.25) is 0 Å². The van der Waals surface area contributed by atoms with Crippen LogP contribution in [0.15, 0.2) is 158 Å². The SMILES string of the molecule is C/C=C\C(=C/C)c1nc(-c2ccccc2)nc(-c2cccc(-n3c4ccccc4c4c5c6ccccc6n6c7ccccc7nc6c5ccc43)c2)n1.CC. The van der Waals surface area contributed by atoms with Crippen LogP contribution < -0.4 is 0 Å². The average molecular weight is 699 g/mol. The van der Waals surface area contributed by atoms with Crippen molar-refractivity contribution in [2.75, 3.05) is 0 Å². The molecule has 260 valence electrons. The molecule has 10 aromatic rings. The number of aromatic nitrogens is 6. The largest absolute Gasteiger partial charge is 0.309 e. The summed E-state index contributed by atoms with van der Waals surface area (Å²) in [6.45, 7) is 8.02. The number of benzene rings is 6.